The highest BCUT2D eigenvalue weighted by Gasteiger charge is 2.14. The number of rotatable bonds is 5. The van der Waals surface area contributed by atoms with Crippen LogP contribution in [0.2, 0.25) is 0 Å². The average Bonchev–Trinajstić information content (AvgIpc) is 2.74. The Hall–Kier alpha value is -1.26. The topological polar surface area (TPSA) is 12.0 Å². The van der Waals surface area contributed by atoms with Crippen molar-refractivity contribution in [2.75, 3.05) is 0 Å². The predicted molar refractivity (Wildman–Crippen MR) is 80.1 cm³/mol. The van der Waals surface area contributed by atoms with Crippen molar-refractivity contribution in [2.45, 2.75) is 39.3 Å². The van der Waals surface area contributed by atoms with E-state index in [1.807, 2.05) is 6.92 Å². The lowest BCUT2D eigenvalue weighted by atomic mass is 10.1. The van der Waals surface area contributed by atoms with Gasteiger partial charge in [0, 0.05) is 33.5 Å². The first-order chi connectivity index (χ1) is 9.45. The van der Waals surface area contributed by atoms with E-state index in [1.165, 1.54) is 21.9 Å². The summed E-state index contributed by atoms with van der Waals surface area (Å²) in [6, 6.07) is 8.05. The molecular weight excluding hydrogens is 276 g/mol. The number of halogens is 2. The SMILES string of the molecule is Cc1ccc(CC(C)NC(C)c2ccc(F)cc2F)s1. The van der Waals surface area contributed by atoms with Gasteiger partial charge in [-0.05, 0) is 45.4 Å². The highest BCUT2D eigenvalue weighted by molar-refractivity contribution is 7.11. The summed E-state index contributed by atoms with van der Waals surface area (Å²) in [6.45, 7) is 6.06. The maximum atomic E-state index is 13.7. The van der Waals surface area contributed by atoms with Gasteiger partial charge in [0.1, 0.15) is 11.6 Å². The summed E-state index contributed by atoms with van der Waals surface area (Å²) in [5, 5.41) is 3.36. The van der Waals surface area contributed by atoms with Gasteiger partial charge in [-0.15, -0.1) is 11.3 Å². The molecule has 0 spiro atoms. The smallest absolute Gasteiger partial charge is 0.130 e. The summed E-state index contributed by atoms with van der Waals surface area (Å²) in [6.07, 6.45) is 0.908. The molecule has 20 heavy (non-hydrogen) atoms. The minimum Gasteiger partial charge on any atom is -0.307 e. The van der Waals surface area contributed by atoms with E-state index in [0.717, 1.165) is 12.5 Å². The molecule has 1 heterocycles. The second-order valence-electron chi connectivity index (χ2n) is 5.17. The number of hydrogen-bond donors (Lipinski definition) is 1. The number of benzene rings is 1. The molecule has 0 aliphatic heterocycles. The van der Waals surface area contributed by atoms with Crippen LogP contribution in [0.5, 0.6) is 0 Å². The molecule has 0 radical (unpaired) electrons. The molecule has 0 bridgehead atoms. The monoisotopic (exact) mass is 295 g/mol. The molecule has 0 saturated heterocycles. The average molecular weight is 295 g/mol. The van der Waals surface area contributed by atoms with Gasteiger partial charge in [0.15, 0.2) is 0 Å². The van der Waals surface area contributed by atoms with Gasteiger partial charge >= 0.3 is 0 Å². The fourth-order valence-corrected chi connectivity index (χ4v) is 3.34. The van der Waals surface area contributed by atoms with Crippen molar-refractivity contribution in [2.24, 2.45) is 0 Å². The molecule has 0 aliphatic carbocycles. The molecule has 0 fully saturated rings. The highest BCUT2D eigenvalue weighted by Crippen LogP contribution is 2.20. The van der Waals surface area contributed by atoms with Gasteiger partial charge in [-0.2, -0.15) is 0 Å². The van der Waals surface area contributed by atoms with Crippen LogP contribution in [-0.4, -0.2) is 6.04 Å². The van der Waals surface area contributed by atoms with Crippen molar-refractivity contribution in [1.29, 1.82) is 0 Å². The quantitative estimate of drug-likeness (QED) is 0.849. The summed E-state index contributed by atoms with van der Waals surface area (Å²) < 4.78 is 26.6. The van der Waals surface area contributed by atoms with E-state index in [1.54, 1.807) is 11.3 Å². The van der Waals surface area contributed by atoms with Gasteiger partial charge < -0.3 is 5.32 Å². The van der Waals surface area contributed by atoms with Crippen molar-refractivity contribution in [3.63, 3.8) is 0 Å². The van der Waals surface area contributed by atoms with Crippen LogP contribution in [0, 0.1) is 18.6 Å². The Morgan fingerprint density at radius 1 is 1.15 bits per heavy atom. The number of aryl methyl sites for hydroxylation is 1. The minimum atomic E-state index is -0.541. The summed E-state index contributed by atoms with van der Waals surface area (Å²) in [4.78, 5) is 2.61. The molecule has 4 heteroatoms. The third kappa shape index (κ3) is 3.87. The molecule has 1 aromatic carbocycles. The Labute approximate surface area is 122 Å². The molecule has 0 saturated carbocycles. The number of hydrogen-bond acceptors (Lipinski definition) is 2. The normalized spacial score (nSPS) is 14.2. The third-order valence-electron chi connectivity index (χ3n) is 3.27. The Morgan fingerprint density at radius 3 is 2.50 bits per heavy atom. The van der Waals surface area contributed by atoms with Gasteiger partial charge in [0.05, 0.1) is 0 Å². The fourth-order valence-electron chi connectivity index (χ4n) is 2.32. The Kier molecular flexibility index (Phi) is 4.89. The first kappa shape index (κ1) is 15.1. The molecule has 0 aliphatic rings. The number of nitrogens with one attached hydrogen (secondary N) is 1. The van der Waals surface area contributed by atoms with E-state index in [9.17, 15) is 8.78 Å². The van der Waals surface area contributed by atoms with Crippen molar-refractivity contribution in [3.05, 3.63) is 57.3 Å². The predicted octanol–water partition coefficient (Wildman–Crippen LogP) is 4.62. The summed E-state index contributed by atoms with van der Waals surface area (Å²) >= 11 is 1.78. The van der Waals surface area contributed by atoms with Crippen molar-refractivity contribution in [1.82, 2.24) is 5.32 Å². The van der Waals surface area contributed by atoms with Gasteiger partial charge in [-0.1, -0.05) is 6.07 Å². The van der Waals surface area contributed by atoms with Gasteiger partial charge in [0.2, 0.25) is 0 Å². The zero-order valence-electron chi connectivity index (χ0n) is 11.9. The molecule has 1 nitrogen and oxygen atoms in total. The molecule has 2 rings (SSSR count). The van der Waals surface area contributed by atoms with Crippen molar-refractivity contribution < 1.29 is 8.78 Å². The van der Waals surface area contributed by atoms with Gasteiger partial charge in [0.25, 0.3) is 0 Å². The third-order valence-corrected chi connectivity index (χ3v) is 4.29. The van der Waals surface area contributed by atoms with E-state index in [-0.39, 0.29) is 12.1 Å². The Bertz CT molecular complexity index is 580. The van der Waals surface area contributed by atoms with Crippen molar-refractivity contribution in [3.8, 4) is 0 Å². The molecule has 2 atom stereocenters. The lowest BCUT2D eigenvalue weighted by molar-refractivity contribution is 0.459. The van der Waals surface area contributed by atoms with E-state index in [4.69, 9.17) is 0 Å². The van der Waals surface area contributed by atoms with E-state index in [0.29, 0.717) is 5.56 Å². The minimum absolute atomic E-state index is 0.147. The highest BCUT2D eigenvalue weighted by atomic mass is 32.1. The lowest BCUT2D eigenvalue weighted by Gasteiger charge is -2.20. The van der Waals surface area contributed by atoms with E-state index >= 15 is 0 Å². The summed E-state index contributed by atoms with van der Waals surface area (Å²) in [5.41, 5.74) is 0.501. The molecule has 2 aromatic rings. The molecule has 2 unspecified atom stereocenters. The standard InChI is InChI=1S/C16H19F2NS/c1-10(8-14-6-4-11(2)20-14)19-12(3)15-7-5-13(17)9-16(15)18/h4-7,9-10,12,19H,8H2,1-3H3. The summed E-state index contributed by atoms with van der Waals surface area (Å²) in [7, 11) is 0. The van der Waals surface area contributed by atoms with Crippen LogP contribution in [0.3, 0.4) is 0 Å². The van der Waals surface area contributed by atoms with Crippen LogP contribution in [0.25, 0.3) is 0 Å². The van der Waals surface area contributed by atoms with Crippen LogP contribution in [-0.2, 0) is 6.42 Å². The van der Waals surface area contributed by atoms with Crippen LogP contribution < -0.4 is 5.32 Å². The van der Waals surface area contributed by atoms with Gasteiger partial charge in [-0.3, -0.25) is 0 Å². The first-order valence-electron chi connectivity index (χ1n) is 6.72. The summed E-state index contributed by atoms with van der Waals surface area (Å²) in [5.74, 6) is -1.04. The lowest BCUT2D eigenvalue weighted by Crippen LogP contribution is -2.31. The number of thiophene rings is 1. The van der Waals surface area contributed by atoms with E-state index in [2.05, 4.69) is 31.3 Å². The Balaban J connectivity index is 1.98. The molecule has 1 N–H and O–H groups in total. The fraction of sp³-hybridized carbons (Fsp3) is 0.375. The second-order valence-corrected chi connectivity index (χ2v) is 6.54. The largest absolute Gasteiger partial charge is 0.307 e. The molecule has 1 aromatic heterocycles. The van der Waals surface area contributed by atoms with Crippen LogP contribution in [0.4, 0.5) is 8.78 Å². The maximum absolute atomic E-state index is 13.7. The van der Waals surface area contributed by atoms with Crippen LogP contribution >= 0.6 is 11.3 Å². The molecular formula is C16H19F2NS. The maximum Gasteiger partial charge on any atom is 0.130 e. The van der Waals surface area contributed by atoms with Crippen LogP contribution in [0.1, 0.15) is 35.2 Å². The van der Waals surface area contributed by atoms with Crippen molar-refractivity contribution >= 4 is 11.3 Å². The molecule has 0 amide bonds. The second kappa shape index (κ2) is 6.46. The first-order valence-corrected chi connectivity index (χ1v) is 7.53. The van der Waals surface area contributed by atoms with E-state index < -0.39 is 11.6 Å². The van der Waals surface area contributed by atoms with Crippen LogP contribution in [0.15, 0.2) is 30.3 Å². The van der Waals surface area contributed by atoms with Gasteiger partial charge in [-0.25, -0.2) is 8.78 Å². The zero-order valence-corrected chi connectivity index (χ0v) is 12.7. The zero-order chi connectivity index (χ0) is 14.7. The molecule has 108 valence electrons. The Morgan fingerprint density at radius 2 is 1.90 bits per heavy atom.